The van der Waals surface area contributed by atoms with Crippen molar-refractivity contribution in [1.29, 1.82) is 0 Å². The monoisotopic (exact) mass is 287 g/mol. The molecule has 2 aromatic rings. The zero-order valence-corrected chi connectivity index (χ0v) is 9.92. The highest BCUT2D eigenvalue weighted by atomic mass is 79.9. The zero-order chi connectivity index (χ0) is 10.8. The Morgan fingerprint density at radius 1 is 1.40 bits per heavy atom. The predicted octanol–water partition coefficient (Wildman–Crippen LogP) is 3.25. The molecule has 15 heavy (non-hydrogen) atoms. The predicted molar refractivity (Wildman–Crippen MR) is 60.6 cm³/mol. The molecule has 5 heteroatoms. The molecule has 0 saturated heterocycles. The van der Waals surface area contributed by atoms with Gasteiger partial charge in [-0.2, -0.15) is 0 Å². The summed E-state index contributed by atoms with van der Waals surface area (Å²) in [6, 6.07) is 7.08. The standard InChI is InChI=1S/C10H7BrClNO2/c11-9-3-6(12)1-2-8(9)10-4-7(5-14)15-13-10/h1-4,14H,5H2. The van der Waals surface area contributed by atoms with Crippen LogP contribution < -0.4 is 0 Å². The molecule has 0 radical (unpaired) electrons. The maximum atomic E-state index is 8.84. The van der Waals surface area contributed by atoms with E-state index in [1.54, 1.807) is 18.2 Å². The minimum Gasteiger partial charge on any atom is -0.388 e. The summed E-state index contributed by atoms with van der Waals surface area (Å²) in [7, 11) is 0. The van der Waals surface area contributed by atoms with Gasteiger partial charge in [-0.3, -0.25) is 0 Å². The van der Waals surface area contributed by atoms with Crippen LogP contribution in [0.3, 0.4) is 0 Å². The van der Waals surface area contributed by atoms with E-state index in [9.17, 15) is 0 Å². The van der Waals surface area contributed by atoms with E-state index in [-0.39, 0.29) is 6.61 Å². The number of aliphatic hydroxyl groups excluding tert-OH is 1. The summed E-state index contributed by atoms with van der Waals surface area (Å²) in [6.45, 7) is -0.155. The number of aliphatic hydroxyl groups is 1. The molecule has 1 aromatic heterocycles. The van der Waals surface area contributed by atoms with Crippen LogP contribution in [0.4, 0.5) is 0 Å². The van der Waals surface area contributed by atoms with Gasteiger partial charge in [-0.05, 0) is 12.1 Å². The molecule has 0 unspecified atom stereocenters. The summed E-state index contributed by atoms with van der Waals surface area (Å²) < 4.78 is 5.74. The Balaban J connectivity index is 2.44. The number of aromatic nitrogens is 1. The first kappa shape index (κ1) is 10.7. The molecule has 0 saturated carbocycles. The number of hydrogen-bond donors (Lipinski definition) is 1. The fourth-order valence-electron chi connectivity index (χ4n) is 1.21. The van der Waals surface area contributed by atoms with Crippen LogP contribution in [0.25, 0.3) is 11.3 Å². The van der Waals surface area contributed by atoms with Gasteiger partial charge < -0.3 is 9.63 Å². The van der Waals surface area contributed by atoms with Gasteiger partial charge in [-0.1, -0.05) is 38.8 Å². The molecular weight excluding hydrogens is 281 g/mol. The van der Waals surface area contributed by atoms with Gasteiger partial charge in [0.25, 0.3) is 0 Å². The zero-order valence-electron chi connectivity index (χ0n) is 7.58. The van der Waals surface area contributed by atoms with Crippen molar-refractivity contribution in [2.24, 2.45) is 0 Å². The van der Waals surface area contributed by atoms with Crippen molar-refractivity contribution in [2.45, 2.75) is 6.61 Å². The van der Waals surface area contributed by atoms with Gasteiger partial charge in [-0.15, -0.1) is 0 Å². The third-order valence-corrected chi connectivity index (χ3v) is 2.81. The van der Waals surface area contributed by atoms with Crippen LogP contribution in [-0.2, 0) is 6.61 Å². The molecule has 2 rings (SSSR count). The molecule has 0 aliphatic heterocycles. The third-order valence-electron chi connectivity index (χ3n) is 1.92. The molecule has 0 amide bonds. The molecule has 0 atom stereocenters. The van der Waals surface area contributed by atoms with Crippen LogP contribution in [0.5, 0.6) is 0 Å². The molecule has 0 aliphatic rings. The van der Waals surface area contributed by atoms with Crippen molar-refractivity contribution in [2.75, 3.05) is 0 Å². The second-order valence-electron chi connectivity index (χ2n) is 2.96. The summed E-state index contributed by atoms with van der Waals surface area (Å²) in [5.41, 5.74) is 1.55. The Hall–Kier alpha value is -0.840. The van der Waals surface area contributed by atoms with Crippen molar-refractivity contribution in [3.8, 4) is 11.3 Å². The molecule has 1 N–H and O–H groups in total. The molecule has 0 fully saturated rings. The highest BCUT2D eigenvalue weighted by molar-refractivity contribution is 9.10. The lowest BCUT2D eigenvalue weighted by molar-refractivity contribution is 0.229. The average molecular weight is 289 g/mol. The van der Waals surface area contributed by atoms with Crippen molar-refractivity contribution >= 4 is 27.5 Å². The van der Waals surface area contributed by atoms with Crippen LogP contribution in [-0.4, -0.2) is 10.3 Å². The van der Waals surface area contributed by atoms with E-state index in [1.165, 1.54) is 0 Å². The number of rotatable bonds is 2. The topological polar surface area (TPSA) is 46.3 Å². The molecule has 0 spiro atoms. The number of nitrogens with zero attached hydrogens (tertiary/aromatic N) is 1. The van der Waals surface area contributed by atoms with Crippen molar-refractivity contribution in [3.63, 3.8) is 0 Å². The first-order valence-electron chi connectivity index (χ1n) is 4.22. The Kier molecular flexibility index (Phi) is 3.09. The Bertz CT molecular complexity index is 484. The van der Waals surface area contributed by atoms with E-state index in [0.29, 0.717) is 16.5 Å². The first-order chi connectivity index (χ1) is 7.20. The lowest BCUT2D eigenvalue weighted by Gasteiger charge is -1.99. The Labute approximate surface area is 99.8 Å². The lowest BCUT2D eigenvalue weighted by Crippen LogP contribution is -1.79. The largest absolute Gasteiger partial charge is 0.388 e. The van der Waals surface area contributed by atoms with Gasteiger partial charge in [0.1, 0.15) is 12.3 Å². The summed E-state index contributed by atoms with van der Waals surface area (Å²) >= 11 is 9.21. The molecule has 1 aromatic carbocycles. The van der Waals surface area contributed by atoms with Gasteiger partial charge in [-0.25, -0.2) is 0 Å². The number of benzene rings is 1. The molecule has 1 heterocycles. The van der Waals surface area contributed by atoms with Crippen molar-refractivity contribution < 1.29 is 9.63 Å². The fraction of sp³-hybridized carbons (Fsp3) is 0.100. The smallest absolute Gasteiger partial charge is 0.162 e. The first-order valence-corrected chi connectivity index (χ1v) is 5.39. The van der Waals surface area contributed by atoms with E-state index in [4.69, 9.17) is 21.2 Å². The van der Waals surface area contributed by atoms with Gasteiger partial charge >= 0.3 is 0 Å². The highest BCUT2D eigenvalue weighted by Gasteiger charge is 2.09. The summed E-state index contributed by atoms with van der Waals surface area (Å²) in [6.07, 6.45) is 0. The summed E-state index contributed by atoms with van der Waals surface area (Å²) in [5.74, 6) is 0.437. The maximum absolute atomic E-state index is 8.84. The van der Waals surface area contributed by atoms with Gasteiger partial charge in [0.15, 0.2) is 5.76 Å². The minimum atomic E-state index is -0.155. The van der Waals surface area contributed by atoms with Crippen LogP contribution in [0.1, 0.15) is 5.76 Å². The quantitative estimate of drug-likeness (QED) is 0.922. The van der Waals surface area contributed by atoms with E-state index in [2.05, 4.69) is 21.1 Å². The third kappa shape index (κ3) is 2.22. The summed E-state index contributed by atoms with van der Waals surface area (Å²) in [5, 5.41) is 13.3. The second-order valence-corrected chi connectivity index (χ2v) is 4.25. The van der Waals surface area contributed by atoms with E-state index >= 15 is 0 Å². The molecular formula is C10H7BrClNO2. The van der Waals surface area contributed by atoms with Gasteiger partial charge in [0, 0.05) is 21.1 Å². The minimum absolute atomic E-state index is 0.155. The van der Waals surface area contributed by atoms with Crippen molar-refractivity contribution in [1.82, 2.24) is 5.16 Å². The molecule has 78 valence electrons. The van der Waals surface area contributed by atoms with Gasteiger partial charge in [0.2, 0.25) is 0 Å². The van der Waals surface area contributed by atoms with Crippen molar-refractivity contribution in [3.05, 3.63) is 39.5 Å². The van der Waals surface area contributed by atoms with E-state index in [1.807, 2.05) is 6.07 Å². The maximum Gasteiger partial charge on any atom is 0.162 e. The van der Waals surface area contributed by atoms with Gasteiger partial charge in [0.05, 0.1) is 0 Å². The Morgan fingerprint density at radius 3 is 2.80 bits per heavy atom. The van der Waals surface area contributed by atoms with E-state index < -0.39 is 0 Å². The number of hydrogen-bond acceptors (Lipinski definition) is 3. The highest BCUT2D eigenvalue weighted by Crippen LogP contribution is 2.30. The molecule has 0 bridgehead atoms. The molecule has 3 nitrogen and oxygen atoms in total. The SMILES string of the molecule is OCc1cc(-c2ccc(Cl)cc2Br)no1. The number of halogens is 2. The average Bonchev–Trinajstić information content (AvgIpc) is 2.66. The van der Waals surface area contributed by atoms with E-state index in [0.717, 1.165) is 10.0 Å². The van der Waals surface area contributed by atoms with Crippen LogP contribution in [0.15, 0.2) is 33.3 Å². The lowest BCUT2D eigenvalue weighted by atomic mass is 10.1. The normalized spacial score (nSPS) is 10.6. The summed E-state index contributed by atoms with van der Waals surface area (Å²) in [4.78, 5) is 0. The Morgan fingerprint density at radius 2 is 2.20 bits per heavy atom. The second kappa shape index (κ2) is 4.35. The molecule has 0 aliphatic carbocycles. The van der Waals surface area contributed by atoms with Crippen LogP contribution in [0, 0.1) is 0 Å². The van der Waals surface area contributed by atoms with Crippen LogP contribution in [0.2, 0.25) is 5.02 Å². The van der Waals surface area contributed by atoms with Crippen LogP contribution >= 0.6 is 27.5 Å². The fourth-order valence-corrected chi connectivity index (χ4v) is 2.10.